The van der Waals surface area contributed by atoms with E-state index in [1.165, 1.54) is 0 Å². The van der Waals surface area contributed by atoms with Gasteiger partial charge in [0.1, 0.15) is 0 Å². The molecular weight excluding hydrogens is 208 g/mol. The number of anilines is 1. The fourth-order valence-corrected chi connectivity index (χ4v) is 1.99. The lowest BCUT2D eigenvalue weighted by Crippen LogP contribution is -1.98. The SMILES string of the molecule is CCNc1ccnc(CSCCOC)c1. The third-order valence-corrected chi connectivity index (χ3v) is 2.83. The lowest BCUT2D eigenvalue weighted by Gasteiger charge is -2.05. The molecule has 0 aliphatic carbocycles. The molecule has 0 saturated heterocycles. The van der Waals surface area contributed by atoms with Gasteiger partial charge in [-0.3, -0.25) is 4.98 Å². The Hall–Kier alpha value is -0.740. The Balaban J connectivity index is 2.36. The van der Waals surface area contributed by atoms with Crippen LogP contribution in [0.25, 0.3) is 0 Å². The van der Waals surface area contributed by atoms with Crippen LogP contribution >= 0.6 is 11.8 Å². The van der Waals surface area contributed by atoms with Crippen molar-refractivity contribution >= 4 is 17.4 Å². The van der Waals surface area contributed by atoms with E-state index >= 15 is 0 Å². The van der Waals surface area contributed by atoms with Gasteiger partial charge in [-0.15, -0.1) is 0 Å². The van der Waals surface area contributed by atoms with Crippen molar-refractivity contribution in [3.8, 4) is 0 Å². The first-order chi connectivity index (χ1) is 7.36. The average Bonchev–Trinajstić information content (AvgIpc) is 2.26. The van der Waals surface area contributed by atoms with E-state index in [1.807, 2.05) is 24.0 Å². The summed E-state index contributed by atoms with van der Waals surface area (Å²) in [7, 11) is 1.73. The third-order valence-electron chi connectivity index (χ3n) is 1.88. The highest BCUT2D eigenvalue weighted by Crippen LogP contribution is 2.13. The van der Waals surface area contributed by atoms with Crippen molar-refractivity contribution in [2.24, 2.45) is 0 Å². The maximum Gasteiger partial charge on any atom is 0.0553 e. The first-order valence-corrected chi connectivity index (χ1v) is 6.27. The first kappa shape index (κ1) is 12.3. The molecule has 0 atom stereocenters. The molecule has 15 heavy (non-hydrogen) atoms. The number of hydrogen-bond acceptors (Lipinski definition) is 4. The Kier molecular flexibility index (Phi) is 6.20. The van der Waals surface area contributed by atoms with E-state index in [1.54, 1.807) is 7.11 Å². The highest BCUT2D eigenvalue weighted by molar-refractivity contribution is 7.98. The van der Waals surface area contributed by atoms with Crippen molar-refractivity contribution in [2.45, 2.75) is 12.7 Å². The summed E-state index contributed by atoms with van der Waals surface area (Å²) in [5.74, 6) is 1.96. The highest BCUT2D eigenvalue weighted by Gasteiger charge is 1.97. The second kappa shape index (κ2) is 7.54. The molecular formula is C11H18N2OS. The van der Waals surface area contributed by atoms with Gasteiger partial charge in [0.15, 0.2) is 0 Å². The van der Waals surface area contributed by atoms with E-state index in [-0.39, 0.29) is 0 Å². The summed E-state index contributed by atoms with van der Waals surface area (Å²) >= 11 is 1.84. The zero-order valence-electron chi connectivity index (χ0n) is 9.32. The van der Waals surface area contributed by atoms with Gasteiger partial charge in [0.05, 0.1) is 12.3 Å². The zero-order valence-corrected chi connectivity index (χ0v) is 10.1. The van der Waals surface area contributed by atoms with Crippen LogP contribution in [0, 0.1) is 0 Å². The highest BCUT2D eigenvalue weighted by atomic mass is 32.2. The molecule has 1 rings (SSSR count). The Morgan fingerprint density at radius 1 is 1.53 bits per heavy atom. The molecule has 0 saturated carbocycles. The number of nitrogens with zero attached hydrogens (tertiary/aromatic N) is 1. The van der Waals surface area contributed by atoms with Gasteiger partial charge in [-0.1, -0.05) is 0 Å². The van der Waals surface area contributed by atoms with Crippen molar-refractivity contribution < 1.29 is 4.74 Å². The number of pyridine rings is 1. The Morgan fingerprint density at radius 2 is 2.40 bits per heavy atom. The minimum absolute atomic E-state index is 0.803. The third kappa shape index (κ3) is 5.04. The van der Waals surface area contributed by atoms with E-state index in [4.69, 9.17) is 4.74 Å². The van der Waals surface area contributed by atoms with E-state index < -0.39 is 0 Å². The van der Waals surface area contributed by atoms with Crippen LogP contribution in [0.2, 0.25) is 0 Å². The van der Waals surface area contributed by atoms with Crippen molar-refractivity contribution in [3.63, 3.8) is 0 Å². The number of hydrogen-bond donors (Lipinski definition) is 1. The zero-order chi connectivity index (χ0) is 10.9. The maximum atomic E-state index is 4.99. The molecule has 1 aromatic rings. The van der Waals surface area contributed by atoms with Crippen LogP contribution in [-0.2, 0) is 10.5 Å². The summed E-state index contributed by atoms with van der Waals surface area (Å²) in [6.07, 6.45) is 1.85. The Morgan fingerprint density at radius 3 is 3.13 bits per heavy atom. The maximum absolute atomic E-state index is 4.99. The molecule has 1 N–H and O–H groups in total. The molecule has 3 nitrogen and oxygen atoms in total. The molecule has 0 bridgehead atoms. The van der Waals surface area contributed by atoms with Crippen molar-refractivity contribution in [3.05, 3.63) is 24.0 Å². The number of nitrogens with one attached hydrogen (secondary N) is 1. The van der Waals surface area contributed by atoms with Crippen molar-refractivity contribution in [1.82, 2.24) is 4.98 Å². The summed E-state index contributed by atoms with van der Waals surface area (Å²) in [4.78, 5) is 4.32. The summed E-state index contributed by atoms with van der Waals surface area (Å²) in [6, 6.07) is 4.09. The van der Waals surface area contributed by atoms with Gasteiger partial charge in [-0.25, -0.2) is 0 Å². The molecule has 0 aliphatic heterocycles. The largest absolute Gasteiger partial charge is 0.385 e. The van der Waals surface area contributed by atoms with Gasteiger partial charge in [-0.2, -0.15) is 11.8 Å². The predicted molar refractivity (Wildman–Crippen MR) is 66.4 cm³/mol. The van der Waals surface area contributed by atoms with Gasteiger partial charge in [0.2, 0.25) is 0 Å². The number of aromatic nitrogens is 1. The molecule has 1 aromatic heterocycles. The van der Waals surface area contributed by atoms with Gasteiger partial charge >= 0.3 is 0 Å². The summed E-state index contributed by atoms with van der Waals surface area (Å²) in [5, 5.41) is 3.28. The van der Waals surface area contributed by atoms with Crippen LogP contribution in [0.1, 0.15) is 12.6 Å². The van der Waals surface area contributed by atoms with Gasteiger partial charge in [0.25, 0.3) is 0 Å². The Bertz CT molecular complexity index is 281. The molecule has 0 aliphatic rings. The second-order valence-electron chi connectivity index (χ2n) is 3.11. The minimum atomic E-state index is 0.803. The quantitative estimate of drug-likeness (QED) is 0.724. The van der Waals surface area contributed by atoms with Crippen LogP contribution in [0.3, 0.4) is 0 Å². The van der Waals surface area contributed by atoms with Crippen molar-refractivity contribution in [2.75, 3.05) is 31.3 Å². The molecule has 0 spiro atoms. The van der Waals surface area contributed by atoms with Crippen molar-refractivity contribution in [1.29, 1.82) is 0 Å². The Labute approximate surface area is 95.6 Å². The number of methoxy groups -OCH3 is 1. The second-order valence-corrected chi connectivity index (χ2v) is 4.22. The summed E-state index contributed by atoms with van der Waals surface area (Å²) < 4.78 is 4.99. The molecule has 0 radical (unpaired) electrons. The minimum Gasteiger partial charge on any atom is -0.385 e. The van der Waals surface area contributed by atoms with E-state index in [0.29, 0.717) is 0 Å². The summed E-state index contributed by atoms with van der Waals surface area (Å²) in [6.45, 7) is 3.84. The van der Waals surface area contributed by atoms with E-state index in [9.17, 15) is 0 Å². The van der Waals surface area contributed by atoms with Crippen LogP contribution in [-0.4, -0.2) is 31.0 Å². The molecule has 0 aromatic carbocycles. The van der Waals surface area contributed by atoms with E-state index in [0.717, 1.165) is 36.0 Å². The average molecular weight is 226 g/mol. The smallest absolute Gasteiger partial charge is 0.0553 e. The molecule has 0 unspecified atom stereocenters. The standard InChI is InChI=1S/C11H18N2OS/c1-3-12-10-4-5-13-11(8-10)9-15-7-6-14-2/h4-5,8H,3,6-7,9H2,1-2H3,(H,12,13). The number of thioether (sulfide) groups is 1. The number of rotatable bonds is 7. The monoisotopic (exact) mass is 226 g/mol. The summed E-state index contributed by atoms with van der Waals surface area (Å²) in [5.41, 5.74) is 2.27. The first-order valence-electron chi connectivity index (χ1n) is 5.12. The molecule has 1 heterocycles. The molecule has 0 amide bonds. The molecule has 4 heteroatoms. The lowest BCUT2D eigenvalue weighted by atomic mass is 10.3. The van der Waals surface area contributed by atoms with E-state index in [2.05, 4.69) is 23.3 Å². The van der Waals surface area contributed by atoms with Gasteiger partial charge in [0, 0.05) is 37.0 Å². The van der Waals surface area contributed by atoms with Gasteiger partial charge < -0.3 is 10.1 Å². The van der Waals surface area contributed by atoms with Gasteiger partial charge in [-0.05, 0) is 19.1 Å². The fourth-order valence-electron chi connectivity index (χ4n) is 1.19. The van der Waals surface area contributed by atoms with Crippen LogP contribution in [0.4, 0.5) is 5.69 Å². The van der Waals surface area contributed by atoms with Crippen LogP contribution in [0.15, 0.2) is 18.3 Å². The predicted octanol–water partition coefficient (Wildman–Crippen LogP) is 2.39. The normalized spacial score (nSPS) is 10.3. The number of ether oxygens (including phenoxy) is 1. The molecule has 0 fully saturated rings. The topological polar surface area (TPSA) is 34.2 Å². The van der Waals surface area contributed by atoms with Crippen LogP contribution < -0.4 is 5.32 Å². The molecule has 84 valence electrons. The lowest BCUT2D eigenvalue weighted by molar-refractivity contribution is 0.218. The van der Waals surface area contributed by atoms with Crippen LogP contribution in [0.5, 0.6) is 0 Å². The fraction of sp³-hybridized carbons (Fsp3) is 0.545.